The van der Waals surface area contributed by atoms with Gasteiger partial charge in [-0.1, -0.05) is 36.4 Å². The lowest BCUT2D eigenvalue weighted by Crippen LogP contribution is -2.41. The number of nitrogens with zero attached hydrogens (tertiary/aromatic N) is 1. The minimum Gasteiger partial charge on any atom is -0.462 e. The summed E-state index contributed by atoms with van der Waals surface area (Å²) in [6.45, 7) is 9.72. The number of carbonyl (C=O) groups is 2. The number of ether oxygens (including phenoxy) is 3. The number of para-hydroxylation sites is 2. The summed E-state index contributed by atoms with van der Waals surface area (Å²) in [5.74, 6) is -1.53. The molecule has 3 aromatic rings. The van der Waals surface area contributed by atoms with Crippen molar-refractivity contribution in [1.29, 1.82) is 0 Å². The predicted octanol–water partition coefficient (Wildman–Crippen LogP) is 4.72. The van der Waals surface area contributed by atoms with Crippen LogP contribution in [0.5, 0.6) is 11.5 Å². The smallest absolute Gasteiger partial charge is 0.459 e. The molecule has 1 fully saturated rings. The minimum absolute atomic E-state index is 0.0103. The van der Waals surface area contributed by atoms with E-state index in [1.165, 1.54) is 45.0 Å². The molecule has 54 heavy (non-hydrogen) atoms. The maximum Gasteiger partial charge on any atom is 0.459 e. The van der Waals surface area contributed by atoms with Gasteiger partial charge in [0.25, 0.3) is 5.56 Å². The van der Waals surface area contributed by atoms with Crippen molar-refractivity contribution in [2.24, 2.45) is 0 Å². The van der Waals surface area contributed by atoms with E-state index in [0.717, 1.165) is 10.8 Å². The van der Waals surface area contributed by atoms with Crippen LogP contribution in [0.4, 0.5) is 4.39 Å². The number of aromatic amines is 1. The number of aryl methyl sites for hydroxylation is 1. The molecule has 20 heteroatoms. The van der Waals surface area contributed by atoms with Gasteiger partial charge in [-0.2, -0.15) is 10.2 Å². The van der Waals surface area contributed by atoms with E-state index in [1.807, 2.05) is 0 Å². The lowest BCUT2D eigenvalue weighted by molar-refractivity contribution is -0.150. The van der Waals surface area contributed by atoms with Gasteiger partial charge >= 0.3 is 33.1 Å². The normalized spacial score (nSPS) is 21.8. The van der Waals surface area contributed by atoms with Crippen molar-refractivity contribution >= 4 is 27.4 Å². The van der Waals surface area contributed by atoms with Crippen molar-refractivity contribution in [3.05, 3.63) is 93.3 Å². The largest absolute Gasteiger partial charge is 0.462 e. The van der Waals surface area contributed by atoms with Crippen molar-refractivity contribution in [2.75, 3.05) is 6.61 Å². The Labute approximate surface area is 311 Å². The molecule has 8 atom stereocenters. The van der Waals surface area contributed by atoms with Gasteiger partial charge in [-0.25, -0.2) is 18.3 Å². The third-order valence-corrected chi connectivity index (χ3v) is 10.7. The lowest BCUT2D eigenvalue weighted by atomic mass is 10.1. The van der Waals surface area contributed by atoms with Gasteiger partial charge in [0.15, 0.2) is 12.4 Å². The van der Waals surface area contributed by atoms with Crippen molar-refractivity contribution < 1.29 is 55.4 Å². The van der Waals surface area contributed by atoms with Gasteiger partial charge in [0.05, 0.1) is 18.8 Å². The van der Waals surface area contributed by atoms with Crippen LogP contribution in [0.2, 0.25) is 0 Å². The fourth-order valence-corrected chi connectivity index (χ4v) is 8.15. The summed E-state index contributed by atoms with van der Waals surface area (Å²) in [7, 11) is -9.35. The van der Waals surface area contributed by atoms with Gasteiger partial charge in [-0.3, -0.25) is 33.0 Å². The van der Waals surface area contributed by atoms with E-state index in [4.69, 9.17) is 32.3 Å². The Hall–Kier alpha value is -4.15. The summed E-state index contributed by atoms with van der Waals surface area (Å²) in [5.41, 5.74) is -1.73. The van der Waals surface area contributed by atoms with Crippen LogP contribution >= 0.6 is 15.5 Å². The van der Waals surface area contributed by atoms with Gasteiger partial charge in [0.2, 0.25) is 0 Å². The fraction of sp³-hybridized carbons (Fsp3) is 0.471. The van der Waals surface area contributed by atoms with E-state index < -0.39 is 94.2 Å². The lowest BCUT2D eigenvalue weighted by Gasteiger charge is -2.29. The Morgan fingerprint density at radius 3 is 1.81 bits per heavy atom. The molecule has 0 saturated carbocycles. The number of halogens is 1. The number of benzene rings is 2. The molecule has 1 saturated heterocycles. The highest BCUT2D eigenvalue weighted by Gasteiger charge is 2.52. The molecule has 296 valence electrons. The number of H-pyrrole nitrogens is 1. The first-order valence-corrected chi connectivity index (χ1v) is 20.1. The van der Waals surface area contributed by atoms with Crippen LogP contribution in [-0.2, 0) is 42.0 Å². The minimum atomic E-state index is -4.78. The summed E-state index contributed by atoms with van der Waals surface area (Å²) in [4.78, 5) is 52.5. The fourth-order valence-electron chi connectivity index (χ4n) is 4.94. The van der Waals surface area contributed by atoms with E-state index in [2.05, 4.69) is 15.2 Å². The third kappa shape index (κ3) is 11.7. The first kappa shape index (κ1) is 42.6. The molecule has 1 unspecified atom stereocenters. The molecule has 17 nitrogen and oxygen atoms in total. The highest BCUT2D eigenvalue weighted by atomic mass is 31.2. The average Bonchev–Trinajstić information content (AvgIpc) is 3.39. The van der Waals surface area contributed by atoms with Crippen LogP contribution in [0.25, 0.3) is 0 Å². The molecule has 1 aliphatic rings. The second-order valence-corrected chi connectivity index (χ2v) is 16.2. The predicted molar refractivity (Wildman–Crippen MR) is 193 cm³/mol. The summed E-state index contributed by atoms with van der Waals surface area (Å²) in [6.07, 6.45) is -7.69. The van der Waals surface area contributed by atoms with E-state index in [0.29, 0.717) is 0 Å². The maximum absolute atomic E-state index is 16.7. The molecule has 0 spiro atoms. The molecule has 0 bridgehead atoms. The number of aromatic nitrogens is 2. The number of hydrogen-bond acceptors (Lipinski definition) is 13. The zero-order valence-electron chi connectivity index (χ0n) is 30.7. The standard InChI is InChI=1S/C34H45FN4O13P2/c1-20(2)47-32(41)23(6)37-53(44,50-25-14-10-8-11-15-25)46-19-27-29(28(35)31(49-27)39-18-22(5)30(40)36-34(39)43)52-54(45,51-26-16-12-9-13-17-26)38-24(7)33(42)48-21(3)4/h8-18,20-21,23-24,27-29,31H,19H2,1-7H3,(H,37,44)(H,38,45)(H,36,40,43)/t23-,24-,27-,28?,29+,31-,53+,54-/m0/s1. The van der Waals surface area contributed by atoms with E-state index in [1.54, 1.807) is 64.1 Å². The monoisotopic (exact) mass is 798 g/mol. The summed E-state index contributed by atoms with van der Waals surface area (Å²) < 4.78 is 85.6. The van der Waals surface area contributed by atoms with Crippen LogP contribution in [-0.4, -0.2) is 70.8 Å². The zero-order valence-corrected chi connectivity index (χ0v) is 32.5. The Morgan fingerprint density at radius 2 is 1.31 bits per heavy atom. The molecule has 4 rings (SSSR count). The molecule has 0 amide bonds. The van der Waals surface area contributed by atoms with Crippen LogP contribution in [0.3, 0.4) is 0 Å². The number of esters is 2. The van der Waals surface area contributed by atoms with Crippen molar-refractivity contribution in [1.82, 2.24) is 19.7 Å². The van der Waals surface area contributed by atoms with E-state index >= 15 is 4.39 Å². The van der Waals surface area contributed by atoms with Crippen LogP contribution in [0.1, 0.15) is 53.3 Å². The molecule has 1 aliphatic heterocycles. The van der Waals surface area contributed by atoms with Gasteiger partial charge < -0.3 is 23.3 Å². The van der Waals surface area contributed by atoms with E-state index in [9.17, 15) is 28.3 Å². The van der Waals surface area contributed by atoms with Gasteiger partial charge in [0.1, 0.15) is 35.8 Å². The summed E-state index contributed by atoms with van der Waals surface area (Å²) in [6, 6.07) is 12.9. The van der Waals surface area contributed by atoms with Crippen molar-refractivity contribution in [3.8, 4) is 11.5 Å². The van der Waals surface area contributed by atoms with Crippen LogP contribution in [0, 0.1) is 6.92 Å². The Morgan fingerprint density at radius 1 is 0.833 bits per heavy atom. The van der Waals surface area contributed by atoms with Gasteiger partial charge in [-0.15, -0.1) is 0 Å². The highest BCUT2D eigenvalue weighted by molar-refractivity contribution is 7.52. The number of nitrogens with one attached hydrogen (secondary N) is 3. The van der Waals surface area contributed by atoms with Gasteiger partial charge in [-0.05, 0) is 72.7 Å². The zero-order chi connectivity index (χ0) is 39.8. The topological polar surface area (TPSA) is 212 Å². The summed E-state index contributed by atoms with van der Waals surface area (Å²) in [5, 5.41) is 4.98. The second-order valence-electron chi connectivity index (χ2n) is 12.8. The van der Waals surface area contributed by atoms with Crippen LogP contribution < -0.4 is 30.5 Å². The molecule has 1 aromatic heterocycles. The molecule has 3 N–H and O–H groups in total. The third-order valence-electron chi connectivity index (χ3n) is 7.41. The van der Waals surface area contributed by atoms with Crippen LogP contribution in [0.15, 0.2) is 76.4 Å². The highest BCUT2D eigenvalue weighted by Crippen LogP contribution is 2.51. The quantitative estimate of drug-likeness (QED) is 0.117. The molecular weight excluding hydrogens is 753 g/mol. The second kappa shape index (κ2) is 18.5. The first-order valence-electron chi connectivity index (χ1n) is 17.0. The number of rotatable bonds is 18. The Bertz CT molecular complexity index is 1950. The molecule has 0 radical (unpaired) electrons. The Kier molecular flexibility index (Phi) is 14.6. The maximum atomic E-state index is 16.7. The molecule has 0 aliphatic carbocycles. The summed E-state index contributed by atoms with van der Waals surface area (Å²) >= 11 is 0. The Balaban J connectivity index is 1.72. The van der Waals surface area contributed by atoms with Crippen molar-refractivity contribution in [2.45, 2.75) is 97.4 Å². The number of carbonyl (C=O) groups excluding carboxylic acids is 2. The number of alkyl halides is 1. The SMILES string of the molecule is Cc1cn([C@H]2O[C@@H](CO[P@](=O)(N[C@@H](C)C(=O)OC(C)C)Oc3ccccc3)[C@@H](O[P@](=O)(N[C@@H](C)C(=O)OC(C)C)Oc3ccccc3)C2F)c(=O)[nH]c1=O. The van der Waals surface area contributed by atoms with Crippen molar-refractivity contribution in [3.63, 3.8) is 0 Å². The molecule has 2 heterocycles. The van der Waals surface area contributed by atoms with E-state index in [-0.39, 0.29) is 17.1 Å². The molecular formula is C34H45FN4O13P2. The average molecular weight is 799 g/mol. The van der Waals surface area contributed by atoms with Gasteiger partial charge in [0, 0.05) is 11.8 Å². The first-order chi connectivity index (χ1) is 25.4. The molecule has 2 aromatic carbocycles. The number of hydrogen-bond donors (Lipinski definition) is 3.